The highest BCUT2D eigenvalue weighted by Gasteiger charge is 2.39. The minimum atomic E-state index is -0.125. The van der Waals surface area contributed by atoms with E-state index in [4.69, 9.17) is 19.7 Å². The van der Waals surface area contributed by atoms with Crippen molar-refractivity contribution in [3.05, 3.63) is 30.0 Å². The van der Waals surface area contributed by atoms with Gasteiger partial charge in [0.05, 0.1) is 24.0 Å². The predicted octanol–water partition coefficient (Wildman–Crippen LogP) is 3.04. The fourth-order valence-corrected chi connectivity index (χ4v) is 2.93. The summed E-state index contributed by atoms with van der Waals surface area (Å²) in [6.07, 6.45) is 3.98. The van der Waals surface area contributed by atoms with Crippen LogP contribution >= 0.6 is 0 Å². The van der Waals surface area contributed by atoms with Gasteiger partial charge in [-0.1, -0.05) is 23.4 Å². The molecule has 0 unspecified atom stereocenters. The highest BCUT2D eigenvalue weighted by atomic mass is 16.5. The van der Waals surface area contributed by atoms with Crippen molar-refractivity contribution in [3.8, 4) is 16.9 Å². The molecule has 0 bridgehead atoms. The van der Waals surface area contributed by atoms with E-state index in [9.17, 15) is 0 Å². The van der Waals surface area contributed by atoms with Gasteiger partial charge < -0.3 is 19.7 Å². The van der Waals surface area contributed by atoms with Gasteiger partial charge in [-0.25, -0.2) is 0 Å². The Morgan fingerprint density at radius 3 is 2.67 bits per heavy atom. The second kappa shape index (κ2) is 5.41. The van der Waals surface area contributed by atoms with Crippen LogP contribution in [0.2, 0.25) is 0 Å². The van der Waals surface area contributed by atoms with Gasteiger partial charge in [0.2, 0.25) is 5.88 Å². The molecule has 5 heteroatoms. The van der Waals surface area contributed by atoms with Crippen LogP contribution < -0.4 is 10.5 Å². The molecule has 1 fully saturated rings. The Morgan fingerprint density at radius 2 is 2.05 bits per heavy atom. The van der Waals surface area contributed by atoms with E-state index in [0.717, 1.165) is 35.4 Å². The van der Waals surface area contributed by atoms with Crippen molar-refractivity contribution in [2.45, 2.75) is 31.3 Å². The Morgan fingerprint density at radius 1 is 1.29 bits per heavy atom. The topological polar surface area (TPSA) is 70.5 Å². The Kier molecular flexibility index (Phi) is 3.59. The summed E-state index contributed by atoms with van der Waals surface area (Å²) in [6.45, 7) is 0. The van der Waals surface area contributed by atoms with E-state index in [-0.39, 0.29) is 5.60 Å². The zero-order chi connectivity index (χ0) is 14.9. The summed E-state index contributed by atoms with van der Waals surface area (Å²) in [5, 5.41) is 4.15. The summed E-state index contributed by atoms with van der Waals surface area (Å²) >= 11 is 0. The molecule has 2 N–H and O–H groups in total. The second-order valence-corrected chi connectivity index (χ2v) is 5.49. The lowest BCUT2D eigenvalue weighted by Crippen LogP contribution is -2.41. The number of aromatic nitrogens is 1. The Bertz CT molecular complexity index is 627. The van der Waals surface area contributed by atoms with Crippen LogP contribution in [0.5, 0.6) is 5.75 Å². The lowest BCUT2D eigenvalue weighted by atomic mass is 9.76. The van der Waals surface area contributed by atoms with E-state index in [2.05, 4.69) is 5.16 Å². The number of ether oxygens (including phenoxy) is 2. The molecule has 0 spiro atoms. The van der Waals surface area contributed by atoms with Gasteiger partial charge in [-0.15, -0.1) is 0 Å². The number of methoxy groups -OCH3 is 2. The molecule has 1 aliphatic rings. The molecule has 1 saturated carbocycles. The first-order chi connectivity index (χ1) is 10.2. The van der Waals surface area contributed by atoms with Crippen LogP contribution in [0.15, 0.2) is 28.8 Å². The monoisotopic (exact) mass is 288 g/mol. The SMILES string of the molecule is COc1ccccc1-c1c(CC2(OC)CCC2)noc1N. The summed E-state index contributed by atoms with van der Waals surface area (Å²) in [5.74, 6) is 1.08. The molecular weight excluding hydrogens is 268 g/mol. The van der Waals surface area contributed by atoms with Gasteiger partial charge in [-0.3, -0.25) is 0 Å². The van der Waals surface area contributed by atoms with Gasteiger partial charge in [0.25, 0.3) is 0 Å². The Labute approximate surface area is 124 Å². The van der Waals surface area contributed by atoms with Crippen LogP contribution in [-0.2, 0) is 11.2 Å². The van der Waals surface area contributed by atoms with E-state index < -0.39 is 0 Å². The van der Waals surface area contributed by atoms with Gasteiger partial charge in [-0.05, 0) is 25.3 Å². The predicted molar refractivity (Wildman–Crippen MR) is 80.2 cm³/mol. The number of rotatable bonds is 5. The number of anilines is 1. The fraction of sp³-hybridized carbons (Fsp3) is 0.438. The Balaban J connectivity index is 2.01. The van der Waals surface area contributed by atoms with E-state index >= 15 is 0 Å². The normalized spacial score (nSPS) is 16.5. The zero-order valence-corrected chi connectivity index (χ0v) is 12.4. The molecule has 1 aromatic carbocycles. The van der Waals surface area contributed by atoms with Crippen LogP contribution in [0.3, 0.4) is 0 Å². The lowest BCUT2D eigenvalue weighted by Gasteiger charge is -2.40. The highest BCUT2D eigenvalue weighted by molar-refractivity contribution is 5.79. The van der Waals surface area contributed by atoms with Gasteiger partial charge in [0, 0.05) is 19.1 Å². The number of hydrogen-bond acceptors (Lipinski definition) is 5. The zero-order valence-electron chi connectivity index (χ0n) is 12.4. The molecule has 112 valence electrons. The van der Waals surface area contributed by atoms with Crippen LogP contribution in [0.4, 0.5) is 5.88 Å². The molecule has 0 saturated heterocycles. The number of nitrogen functional groups attached to an aromatic ring is 1. The summed E-state index contributed by atoms with van der Waals surface area (Å²) in [6, 6.07) is 7.74. The molecule has 0 radical (unpaired) electrons. The number of para-hydroxylation sites is 1. The van der Waals surface area contributed by atoms with Crippen LogP contribution in [0.1, 0.15) is 25.0 Å². The maximum absolute atomic E-state index is 5.99. The average Bonchev–Trinajstić information content (AvgIpc) is 2.83. The standard InChI is InChI=1S/C16H20N2O3/c1-19-13-7-4-3-6-11(13)14-12(18-21-15(14)17)10-16(20-2)8-5-9-16/h3-4,6-7H,5,8-10,17H2,1-2H3. The van der Waals surface area contributed by atoms with Crippen LogP contribution in [0, 0.1) is 0 Å². The van der Waals surface area contributed by atoms with Crippen molar-refractivity contribution in [1.29, 1.82) is 0 Å². The molecule has 3 rings (SSSR count). The van der Waals surface area contributed by atoms with Crippen LogP contribution in [0.25, 0.3) is 11.1 Å². The van der Waals surface area contributed by atoms with Gasteiger partial charge >= 0.3 is 0 Å². The summed E-state index contributed by atoms with van der Waals surface area (Å²) in [7, 11) is 3.40. The summed E-state index contributed by atoms with van der Waals surface area (Å²) in [4.78, 5) is 0. The molecule has 1 aliphatic carbocycles. The smallest absolute Gasteiger partial charge is 0.230 e. The molecule has 21 heavy (non-hydrogen) atoms. The van der Waals surface area contributed by atoms with Crippen LogP contribution in [-0.4, -0.2) is 25.0 Å². The van der Waals surface area contributed by atoms with Crippen molar-refractivity contribution in [1.82, 2.24) is 5.16 Å². The maximum atomic E-state index is 5.99. The van der Waals surface area contributed by atoms with E-state index in [1.54, 1.807) is 14.2 Å². The van der Waals surface area contributed by atoms with E-state index in [1.807, 2.05) is 24.3 Å². The number of benzene rings is 1. The minimum absolute atomic E-state index is 0.125. The quantitative estimate of drug-likeness (QED) is 0.915. The minimum Gasteiger partial charge on any atom is -0.496 e. The Hall–Kier alpha value is -2.01. The lowest BCUT2D eigenvalue weighted by molar-refractivity contribution is -0.0717. The van der Waals surface area contributed by atoms with Crippen molar-refractivity contribution in [2.75, 3.05) is 20.0 Å². The molecule has 1 aromatic heterocycles. The first-order valence-corrected chi connectivity index (χ1v) is 7.12. The molecule has 0 aliphatic heterocycles. The molecule has 1 heterocycles. The molecule has 0 atom stereocenters. The maximum Gasteiger partial charge on any atom is 0.230 e. The summed E-state index contributed by atoms with van der Waals surface area (Å²) in [5.41, 5.74) is 8.42. The first kappa shape index (κ1) is 13.9. The van der Waals surface area contributed by atoms with Gasteiger partial charge in [0.1, 0.15) is 5.75 Å². The van der Waals surface area contributed by atoms with Crippen molar-refractivity contribution >= 4 is 5.88 Å². The number of nitrogens with two attached hydrogens (primary N) is 1. The van der Waals surface area contributed by atoms with Crippen molar-refractivity contribution in [3.63, 3.8) is 0 Å². The first-order valence-electron chi connectivity index (χ1n) is 7.12. The largest absolute Gasteiger partial charge is 0.496 e. The highest BCUT2D eigenvalue weighted by Crippen LogP contribution is 2.42. The third-order valence-corrected chi connectivity index (χ3v) is 4.35. The van der Waals surface area contributed by atoms with E-state index in [1.165, 1.54) is 6.42 Å². The van der Waals surface area contributed by atoms with E-state index in [0.29, 0.717) is 12.3 Å². The molecule has 0 amide bonds. The second-order valence-electron chi connectivity index (χ2n) is 5.49. The molecule has 5 nitrogen and oxygen atoms in total. The third kappa shape index (κ3) is 2.38. The van der Waals surface area contributed by atoms with Crippen molar-refractivity contribution in [2.24, 2.45) is 0 Å². The number of hydrogen-bond donors (Lipinski definition) is 1. The molecule has 2 aromatic rings. The van der Waals surface area contributed by atoms with Gasteiger partial charge in [-0.2, -0.15) is 0 Å². The summed E-state index contributed by atoms with van der Waals surface area (Å²) < 4.78 is 16.3. The number of nitrogens with zero attached hydrogens (tertiary/aromatic N) is 1. The fourth-order valence-electron chi connectivity index (χ4n) is 2.93. The van der Waals surface area contributed by atoms with Gasteiger partial charge in [0.15, 0.2) is 0 Å². The molecular formula is C16H20N2O3. The third-order valence-electron chi connectivity index (χ3n) is 4.35. The van der Waals surface area contributed by atoms with Crippen molar-refractivity contribution < 1.29 is 14.0 Å². The average molecular weight is 288 g/mol.